The first-order chi connectivity index (χ1) is 6.40. The minimum Gasteiger partial charge on any atom is -0.207 e. The van der Waals surface area contributed by atoms with Gasteiger partial charge in [-0.2, -0.15) is 0 Å². The molecule has 0 bridgehead atoms. The molecule has 0 radical (unpaired) electrons. The second kappa shape index (κ2) is 3.97. The zero-order valence-corrected chi connectivity index (χ0v) is 10.1. The molecule has 0 fully saturated rings. The van der Waals surface area contributed by atoms with E-state index in [1.54, 1.807) is 6.92 Å². The zero-order valence-electron chi connectivity index (χ0n) is 8.50. The molecule has 1 aromatic carbocycles. The lowest BCUT2D eigenvalue weighted by molar-refractivity contribution is 0.479. The van der Waals surface area contributed by atoms with Crippen molar-refractivity contribution in [3.8, 4) is 0 Å². The van der Waals surface area contributed by atoms with Crippen molar-refractivity contribution in [1.82, 2.24) is 0 Å². The van der Waals surface area contributed by atoms with Gasteiger partial charge in [-0.15, -0.1) is 0 Å². The molecule has 0 heterocycles. The number of aryl methyl sites for hydroxylation is 1. The normalized spacial score (nSPS) is 11.9. The first-order valence-corrected chi connectivity index (χ1v) is 5.53. The average Bonchev–Trinajstić information content (AvgIpc) is 2.12. The van der Waals surface area contributed by atoms with Crippen molar-refractivity contribution in [1.29, 1.82) is 0 Å². The Bertz CT molecular complexity index is 345. The molecular formula is C11H13BrF2. The molecule has 14 heavy (non-hydrogen) atoms. The molecule has 0 N–H and O–H groups in total. The molecule has 0 nitrogen and oxygen atoms in total. The molecule has 0 unspecified atom stereocenters. The van der Waals surface area contributed by atoms with E-state index in [0.29, 0.717) is 10.9 Å². The van der Waals surface area contributed by atoms with Crippen LogP contribution in [-0.2, 0) is 5.41 Å². The molecule has 3 heteroatoms. The minimum atomic E-state index is -0.528. The maximum Gasteiger partial charge on any atom is 0.132 e. The predicted octanol–water partition coefficient (Wildman–Crippen LogP) is 3.95. The summed E-state index contributed by atoms with van der Waals surface area (Å²) in [6.45, 7) is 5.26. The van der Waals surface area contributed by atoms with Crippen molar-refractivity contribution in [3.63, 3.8) is 0 Å². The van der Waals surface area contributed by atoms with E-state index in [0.717, 1.165) is 0 Å². The van der Waals surface area contributed by atoms with E-state index in [2.05, 4.69) is 15.9 Å². The zero-order chi connectivity index (χ0) is 10.9. The third-order valence-electron chi connectivity index (χ3n) is 2.30. The molecule has 0 aliphatic carbocycles. The SMILES string of the molecule is Cc1ccc(F)c(C(C)(C)CBr)c1F. The number of hydrogen-bond acceptors (Lipinski definition) is 0. The van der Waals surface area contributed by atoms with Gasteiger partial charge in [-0.25, -0.2) is 8.78 Å². The van der Waals surface area contributed by atoms with Crippen molar-refractivity contribution in [2.45, 2.75) is 26.2 Å². The van der Waals surface area contributed by atoms with Crippen LogP contribution < -0.4 is 0 Å². The summed E-state index contributed by atoms with van der Waals surface area (Å²) >= 11 is 3.27. The number of rotatable bonds is 2. The maximum atomic E-state index is 13.7. The molecule has 0 aliphatic heterocycles. The molecule has 1 aromatic rings. The van der Waals surface area contributed by atoms with Crippen molar-refractivity contribution in [2.75, 3.05) is 5.33 Å². The molecule has 78 valence electrons. The summed E-state index contributed by atoms with van der Waals surface area (Å²) in [7, 11) is 0. The Balaban J connectivity index is 3.40. The highest BCUT2D eigenvalue weighted by atomic mass is 79.9. The van der Waals surface area contributed by atoms with E-state index in [1.807, 2.05) is 13.8 Å². The van der Waals surface area contributed by atoms with Crippen LogP contribution in [0.25, 0.3) is 0 Å². The van der Waals surface area contributed by atoms with Gasteiger partial charge in [0.1, 0.15) is 11.6 Å². The Labute approximate surface area is 91.5 Å². The highest BCUT2D eigenvalue weighted by Gasteiger charge is 2.27. The summed E-state index contributed by atoms with van der Waals surface area (Å²) < 4.78 is 27.1. The van der Waals surface area contributed by atoms with Crippen LogP contribution in [0.5, 0.6) is 0 Å². The fourth-order valence-electron chi connectivity index (χ4n) is 1.34. The minimum absolute atomic E-state index is 0.161. The summed E-state index contributed by atoms with van der Waals surface area (Å²) in [5.74, 6) is -0.910. The van der Waals surface area contributed by atoms with E-state index in [-0.39, 0.29) is 5.56 Å². The predicted molar refractivity (Wildman–Crippen MR) is 57.9 cm³/mol. The third-order valence-corrected chi connectivity index (χ3v) is 3.70. The van der Waals surface area contributed by atoms with Crippen LogP contribution in [0.3, 0.4) is 0 Å². The Morgan fingerprint density at radius 2 is 1.86 bits per heavy atom. The molecule has 0 atom stereocenters. The van der Waals surface area contributed by atoms with Gasteiger partial charge in [-0.1, -0.05) is 35.8 Å². The van der Waals surface area contributed by atoms with Gasteiger partial charge < -0.3 is 0 Å². The molecule has 1 rings (SSSR count). The second-order valence-electron chi connectivity index (χ2n) is 4.07. The summed E-state index contributed by atoms with van der Waals surface area (Å²) in [5, 5.41) is 0.525. The van der Waals surface area contributed by atoms with E-state index in [4.69, 9.17) is 0 Å². The lowest BCUT2D eigenvalue weighted by Crippen LogP contribution is -2.23. The van der Waals surface area contributed by atoms with Crippen LogP contribution in [0.15, 0.2) is 12.1 Å². The number of hydrogen-bond donors (Lipinski definition) is 0. The monoisotopic (exact) mass is 262 g/mol. The van der Waals surface area contributed by atoms with Gasteiger partial charge in [-0.05, 0) is 18.6 Å². The number of halogens is 3. The van der Waals surface area contributed by atoms with Crippen LogP contribution >= 0.6 is 15.9 Å². The van der Waals surface area contributed by atoms with E-state index in [9.17, 15) is 8.78 Å². The molecule has 0 amide bonds. The average molecular weight is 263 g/mol. The number of alkyl halides is 1. The van der Waals surface area contributed by atoms with Gasteiger partial charge in [0.2, 0.25) is 0 Å². The van der Waals surface area contributed by atoms with E-state index >= 15 is 0 Å². The van der Waals surface area contributed by atoms with Crippen LogP contribution in [0.2, 0.25) is 0 Å². The Hall–Kier alpha value is -0.440. The topological polar surface area (TPSA) is 0 Å². The van der Waals surface area contributed by atoms with Gasteiger partial charge >= 0.3 is 0 Å². The molecule has 0 aliphatic rings. The van der Waals surface area contributed by atoms with Crippen molar-refractivity contribution in [2.24, 2.45) is 0 Å². The van der Waals surface area contributed by atoms with Crippen LogP contribution in [0.4, 0.5) is 8.78 Å². The smallest absolute Gasteiger partial charge is 0.132 e. The van der Waals surface area contributed by atoms with Crippen LogP contribution in [0.1, 0.15) is 25.0 Å². The first kappa shape index (κ1) is 11.6. The maximum absolute atomic E-state index is 13.7. The summed E-state index contributed by atoms with van der Waals surface area (Å²) in [4.78, 5) is 0. The third kappa shape index (κ3) is 1.97. The van der Waals surface area contributed by atoms with Gasteiger partial charge in [0.25, 0.3) is 0 Å². The highest BCUT2D eigenvalue weighted by molar-refractivity contribution is 9.09. The quantitative estimate of drug-likeness (QED) is 0.709. The second-order valence-corrected chi connectivity index (χ2v) is 4.63. The van der Waals surface area contributed by atoms with Gasteiger partial charge in [-0.3, -0.25) is 0 Å². The van der Waals surface area contributed by atoms with Crippen LogP contribution in [-0.4, -0.2) is 5.33 Å². The molecule has 0 aromatic heterocycles. The molecule has 0 saturated carbocycles. The Morgan fingerprint density at radius 1 is 1.29 bits per heavy atom. The lowest BCUT2D eigenvalue weighted by atomic mass is 9.85. The molecule has 0 spiro atoms. The highest BCUT2D eigenvalue weighted by Crippen LogP contribution is 2.31. The van der Waals surface area contributed by atoms with E-state index < -0.39 is 17.0 Å². The largest absolute Gasteiger partial charge is 0.207 e. The number of benzene rings is 1. The lowest BCUT2D eigenvalue weighted by Gasteiger charge is -2.24. The van der Waals surface area contributed by atoms with E-state index in [1.165, 1.54) is 12.1 Å². The fraction of sp³-hybridized carbons (Fsp3) is 0.455. The molecule has 0 saturated heterocycles. The van der Waals surface area contributed by atoms with Gasteiger partial charge in [0, 0.05) is 16.3 Å². The van der Waals surface area contributed by atoms with Gasteiger partial charge in [0.15, 0.2) is 0 Å². The van der Waals surface area contributed by atoms with Crippen molar-refractivity contribution >= 4 is 15.9 Å². The van der Waals surface area contributed by atoms with Crippen molar-refractivity contribution in [3.05, 3.63) is 34.9 Å². The van der Waals surface area contributed by atoms with Crippen molar-refractivity contribution < 1.29 is 8.78 Å². The summed E-state index contributed by atoms with van der Waals surface area (Å²) in [6.07, 6.45) is 0. The molecular weight excluding hydrogens is 250 g/mol. The fourth-order valence-corrected chi connectivity index (χ4v) is 1.62. The van der Waals surface area contributed by atoms with Gasteiger partial charge in [0.05, 0.1) is 0 Å². The summed E-state index contributed by atoms with van der Waals surface area (Å²) in [6, 6.07) is 2.77. The Morgan fingerprint density at radius 3 is 2.36 bits per heavy atom. The standard InChI is InChI=1S/C11H13BrF2/c1-7-4-5-8(13)9(10(7)14)11(2,3)6-12/h4-5H,6H2,1-3H3. The first-order valence-electron chi connectivity index (χ1n) is 4.41. The summed E-state index contributed by atoms with van der Waals surface area (Å²) in [5.41, 5.74) is 0.116. The van der Waals surface area contributed by atoms with Crippen LogP contribution in [0, 0.1) is 18.6 Å². The Kier molecular flexibility index (Phi) is 3.30.